The maximum absolute atomic E-state index is 12.5. The quantitative estimate of drug-likeness (QED) is 0.607. The van der Waals surface area contributed by atoms with Gasteiger partial charge in [-0.15, -0.1) is 0 Å². The minimum atomic E-state index is -0.699. The second-order valence-corrected chi connectivity index (χ2v) is 6.71. The standard InChI is InChI=1S/C20H21N3O3/c1-6-8-14(13(7-2)11-21)16-10-9-15-17(22-16)12-23(18(15)24)19(25)26-20(3,4)5/h6-10H,2,12H2,1,3-5H3/b8-6-,14-13-. The smallest absolute Gasteiger partial charge is 0.417 e. The number of fused-ring (bicyclic) bond motifs is 1. The van der Waals surface area contributed by atoms with Gasteiger partial charge in [-0.3, -0.25) is 9.78 Å². The van der Waals surface area contributed by atoms with Crippen molar-refractivity contribution in [2.75, 3.05) is 0 Å². The molecule has 0 N–H and O–H groups in total. The number of amides is 2. The number of rotatable bonds is 3. The summed E-state index contributed by atoms with van der Waals surface area (Å²) in [5.74, 6) is -0.436. The molecule has 134 valence electrons. The lowest BCUT2D eigenvalue weighted by Crippen LogP contribution is -2.36. The van der Waals surface area contributed by atoms with E-state index in [4.69, 9.17) is 4.74 Å². The average Bonchev–Trinajstić information content (AvgIpc) is 2.90. The van der Waals surface area contributed by atoms with Gasteiger partial charge in [-0.1, -0.05) is 24.8 Å². The van der Waals surface area contributed by atoms with Crippen LogP contribution in [0.3, 0.4) is 0 Å². The molecule has 1 aliphatic heterocycles. The lowest BCUT2D eigenvalue weighted by atomic mass is 10.0. The van der Waals surface area contributed by atoms with Crippen LogP contribution in [0.5, 0.6) is 0 Å². The van der Waals surface area contributed by atoms with Crippen molar-refractivity contribution in [1.29, 1.82) is 5.26 Å². The van der Waals surface area contributed by atoms with Gasteiger partial charge in [0.15, 0.2) is 0 Å². The highest BCUT2D eigenvalue weighted by molar-refractivity contribution is 6.06. The van der Waals surface area contributed by atoms with Crippen LogP contribution in [-0.4, -0.2) is 27.5 Å². The highest BCUT2D eigenvalue weighted by Gasteiger charge is 2.36. The van der Waals surface area contributed by atoms with E-state index in [1.807, 2.05) is 6.92 Å². The van der Waals surface area contributed by atoms with Crippen molar-refractivity contribution < 1.29 is 14.3 Å². The molecule has 0 fully saturated rings. The van der Waals surface area contributed by atoms with Gasteiger partial charge in [0.25, 0.3) is 5.91 Å². The lowest BCUT2D eigenvalue weighted by Gasteiger charge is -2.23. The fourth-order valence-electron chi connectivity index (χ4n) is 2.49. The predicted molar refractivity (Wildman–Crippen MR) is 97.9 cm³/mol. The summed E-state index contributed by atoms with van der Waals surface area (Å²) in [5.41, 5.74) is 1.66. The van der Waals surface area contributed by atoms with Gasteiger partial charge in [-0.05, 0) is 39.8 Å². The van der Waals surface area contributed by atoms with Gasteiger partial charge in [-0.2, -0.15) is 5.26 Å². The largest absolute Gasteiger partial charge is 0.443 e. The van der Waals surface area contributed by atoms with Crippen LogP contribution in [0, 0.1) is 11.3 Å². The molecule has 0 bridgehead atoms. The number of nitrogens with zero attached hydrogens (tertiary/aromatic N) is 3. The van der Waals surface area contributed by atoms with E-state index in [0.29, 0.717) is 28.1 Å². The summed E-state index contributed by atoms with van der Waals surface area (Å²) in [7, 11) is 0. The first-order valence-corrected chi connectivity index (χ1v) is 8.16. The number of ether oxygens (including phenoxy) is 1. The summed E-state index contributed by atoms with van der Waals surface area (Å²) in [5, 5.41) is 9.28. The van der Waals surface area contributed by atoms with Gasteiger partial charge in [0, 0.05) is 5.57 Å². The molecule has 2 amide bonds. The zero-order valence-corrected chi connectivity index (χ0v) is 15.4. The number of hydrogen-bond acceptors (Lipinski definition) is 5. The fourth-order valence-corrected chi connectivity index (χ4v) is 2.49. The summed E-state index contributed by atoms with van der Waals surface area (Å²) in [6.45, 7) is 10.7. The summed E-state index contributed by atoms with van der Waals surface area (Å²) >= 11 is 0. The number of pyridine rings is 1. The molecule has 6 heteroatoms. The first-order chi connectivity index (χ1) is 12.2. The first kappa shape index (κ1) is 19.1. The maximum atomic E-state index is 12.5. The first-order valence-electron chi connectivity index (χ1n) is 8.16. The Balaban J connectivity index is 2.41. The van der Waals surface area contributed by atoms with E-state index in [-0.39, 0.29) is 6.54 Å². The highest BCUT2D eigenvalue weighted by atomic mass is 16.6. The van der Waals surface area contributed by atoms with Gasteiger partial charge in [0.1, 0.15) is 5.60 Å². The molecule has 0 saturated carbocycles. The third-order valence-electron chi connectivity index (χ3n) is 3.60. The Morgan fingerprint density at radius 3 is 2.65 bits per heavy atom. The lowest BCUT2D eigenvalue weighted by molar-refractivity contribution is 0.0247. The molecule has 0 spiro atoms. The summed E-state index contributed by atoms with van der Waals surface area (Å²) in [4.78, 5) is 30.2. The highest BCUT2D eigenvalue weighted by Crippen LogP contribution is 2.27. The molecule has 2 heterocycles. The minimum Gasteiger partial charge on any atom is -0.443 e. The van der Waals surface area contributed by atoms with Crippen LogP contribution in [0.1, 0.15) is 49.4 Å². The number of carbonyl (C=O) groups excluding carboxylic acids is 2. The molecule has 0 radical (unpaired) electrons. The van der Waals surface area contributed by atoms with Crippen molar-refractivity contribution in [3.63, 3.8) is 0 Å². The van der Waals surface area contributed by atoms with E-state index in [1.165, 1.54) is 6.08 Å². The Kier molecular flexibility index (Phi) is 5.41. The molecule has 26 heavy (non-hydrogen) atoms. The Bertz CT molecular complexity index is 867. The topological polar surface area (TPSA) is 83.3 Å². The number of aromatic nitrogens is 1. The van der Waals surface area contributed by atoms with Crippen molar-refractivity contribution in [3.05, 3.63) is 59.5 Å². The zero-order valence-electron chi connectivity index (χ0n) is 15.4. The monoisotopic (exact) mass is 351 g/mol. The number of imide groups is 1. The van der Waals surface area contributed by atoms with Crippen molar-refractivity contribution in [2.24, 2.45) is 0 Å². The van der Waals surface area contributed by atoms with E-state index >= 15 is 0 Å². The maximum Gasteiger partial charge on any atom is 0.417 e. The molecule has 0 unspecified atom stereocenters. The van der Waals surface area contributed by atoms with Crippen LogP contribution in [0.4, 0.5) is 4.79 Å². The number of carbonyl (C=O) groups is 2. The van der Waals surface area contributed by atoms with E-state index in [0.717, 1.165) is 4.90 Å². The Hall–Kier alpha value is -3.20. The second kappa shape index (κ2) is 7.36. The van der Waals surface area contributed by atoms with Crippen LogP contribution in [-0.2, 0) is 11.3 Å². The van der Waals surface area contributed by atoms with Gasteiger partial charge in [0.2, 0.25) is 0 Å². The van der Waals surface area contributed by atoms with Crippen LogP contribution in [0.25, 0.3) is 5.57 Å². The Labute approximate surface area is 153 Å². The van der Waals surface area contributed by atoms with Crippen LogP contribution >= 0.6 is 0 Å². The third kappa shape index (κ3) is 3.89. The fraction of sp³-hybridized carbons (Fsp3) is 0.300. The predicted octanol–water partition coefficient (Wildman–Crippen LogP) is 4.01. The molecule has 0 saturated heterocycles. The SMILES string of the molecule is C=C/C(C#N)=C(\C=C/C)c1ccc2c(n1)CN(C(=O)OC(C)(C)C)C2=O. The number of nitriles is 1. The summed E-state index contributed by atoms with van der Waals surface area (Å²) in [6, 6.07) is 5.36. The molecule has 2 rings (SSSR count). The molecular weight excluding hydrogens is 330 g/mol. The zero-order chi connectivity index (χ0) is 19.5. The molecule has 0 atom stereocenters. The van der Waals surface area contributed by atoms with Crippen LogP contribution in [0.2, 0.25) is 0 Å². The summed E-state index contributed by atoms with van der Waals surface area (Å²) < 4.78 is 5.27. The van der Waals surface area contributed by atoms with Gasteiger partial charge in [0.05, 0.1) is 35.1 Å². The average molecular weight is 351 g/mol. The molecular formula is C20H21N3O3. The molecule has 6 nitrogen and oxygen atoms in total. The van der Waals surface area contributed by atoms with E-state index in [1.54, 1.807) is 45.1 Å². The second-order valence-electron chi connectivity index (χ2n) is 6.71. The molecule has 0 aliphatic carbocycles. The van der Waals surface area contributed by atoms with Crippen LogP contribution < -0.4 is 0 Å². The van der Waals surface area contributed by atoms with Gasteiger partial charge >= 0.3 is 6.09 Å². The molecule has 0 aromatic carbocycles. The van der Waals surface area contributed by atoms with E-state index in [2.05, 4.69) is 17.6 Å². The number of allylic oxidation sites excluding steroid dienone is 5. The van der Waals surface area contributed by atoms with Crippen molar-refractivity contribution in [1.82, 2.24) is 9.88 Å². The van der Waals surface area contributed by atoms with Gasteiger partial charge in [-0.25, -0.2) is 9.69 Å². The van der Waals surface area contributed by atoms with E-state index < -0.39 is 17.6 Å². The van der Waals surface area contributed by atoms with Crippen molar-refractivity contribution in [2.45, 2.75) is 39.8 Å². The molecule has 1 aromatic rings. The molecule has 1 aliphatic rings. The summed E-state index contributed by atoms with van der Waals surface area (Å²) in [6.07, 6.45) is 4.32. The Morgan fingerprint density at radius 2 is 2.12 bits per heavy atom. The van der Waals surface area contributed by atoms with Crippen LogP contribution in [0.15, 0.2) is 42.5 Å². The van der Waals surface area contributed by atoms with E-state index in [9.17, 15) is 14.9 Å². The minimum absolute atomic E-state index is 0.0377. The van der Waals surface area contributed by atoms with Crippen molar-refractivity contribution in [3.8, 4) is 6.07 Å². The van der Waals surface area contributed by atoms with Gasteiger partial charge < -0.3 is 4.74 Å². The number of hydrogen-bond donors (Lipinski definition) is 0. The Morgan fingerprint density at radius 1 is 1.42 bits per heavy atom. The normalized spacial score (nSPS) is 14.7. The third-order valence-corrected chi connectivity index (χ3v) is 3.60. The van der Waals surface area contributed by atoms with Crippen molar-refractivity contribution >= 4 is 17.6 Å². The molecule has 1 aromatic heterocycles.